The van der Waals surface area contributed by atoms with E-state index in [2.05, 4.69) is 56.9 Å². The van der Waals surface area contributed by atoms with Crippen molar-refractivity contribution in [2.45, 2.75) is 65.6 Å². The highest BCUT2D eigenvalue weighted by Gasteiger charge is 2.69. The average molecular weight is 518 g/mol. The molecular formula is C31H39N3O4. The molecule has 7 heteroatoms. The van der Waals surface area contributed by atoms with Gasteiger partial charge in [-0.1, -0.05) is 58.0 Å². The van der Waals surface area contributed by atoms with Gasteiger partial charge in [0.2, 0.25) is 11.8 Å². The molecule has 1 unspecified atom stereocenters. The van der Waals surface area contributed by atoms with Crippen LogP contribution >= 0.6 is 0 Å². The van der Waals surface area contributed by atoms with Crippen molar-refractivity contribution in [2.24, 2.45) is 16.7 Å². The molecule has 0 bridgehead atoms. The van der Waals surface area contributed by atoms with Crippen LogP contribution in [0.3, 0.4) is 0 Å². The molecular weight excluding hydrogens is 478 g/mol. The van der Waals surface area contributed by atoms with Gasteiger partial charge in [-0.3, -0.25) is 19.3 Å². The third-order valence-electron chi connectivity index (χ3n) is 9.51. The molecule has 0 spiro atoms. The van der Waals surface area contributed by atoms with Crippen molar-refractivity contribution in [2.75, 3.05) is 25.1 Å². The molecule has 1 saturated carbocycles. The van der Waals surface area contributed by atoms with Crippen LogP contribution in [0.1, 0.15) is 52.5 Å². The first kappa shape index (κ1) is 26.4. The lowest BCUT2D eigenvalue weighted by Gasteiger charge is -2.41. The van der Waals surface area contributed by atoms with Crippen molar-refractivity contribution in [1.82, 2.24) is 9.80 Å². The molecule has 2 heterocycles. The lowest BCUT2D eigenvalue weighted by Crippen LogP contribution is -2.55. The van der Waals surface area contributed by atoms with Crippen molar-refractivity contribution in [3.05, 3.63) is 60.2 Å². The predicted octanol–water partition coefficient (Wildman–Crippen LogP) is 4.50. The van der Waals surface area contributed by atoms with E-state index in [9.17, 15) is 14.4 Å². The zero-order chi connectivity index (χ0) is 27.2. The Hall–Kier alpha value is -3.19. The summed E-state index contributed by atoms with van der Waals surface area (Å²) < 4.78 is 5.23. The number of rotatable bonds is 7. The summed E-state index contributed by atoms with van der Waals surface area (Å²) in [5.74, 6) is -0.0727. The largest absolute Gasteiger partial charge is 0.497 e. The maximum absolute atomic E-state index is 14.2. The SMILES string of the molecule is COc1ccc(N2C(=O)CC(N(C(=O)C3C(C)(C)C3(C)C)C3CCN(Cc4ccccc4)CC3)C2=O)cc1. The third kappa shape index (κ3) is 4.51. The highest BCUT2D eigenvalue weighted by molar-refractivity contribution is 6.23. The van der Waals surface area contributed by atoms with Gasteiger partial charge in [-0.2, -0.15) is 0 Å². The molecule has 2 aromatic carbocycles. The van der Waals surface area contributed by atoms with E-state index in [1.165, 1.54) is 10.5 Å². The molecule has 0 aromatic heterocycles. The van der Waals surface area contributed by atoms with Gasteiger partial charge in [-0.05, 0) is 53.5 Å². The van der Waals surface area contributed by atoms with Crippen LogP contribution < -0.4 is 9.64 Å². The average Bonchev–Trinajstić information content (AvgIpc) is 3.14. The molecule has 2 aliphatic heterocycles. The Balaban J connectivity index is 1.38. The number of benzene rings is 2. The number of carbonyl (C=O) groups excluding carboxylic acids is 3. The van der Waals surface area contributed by atoms with Gasteiger partial charge in [-0.15, -0.1) is 0 Å². The molecule has 0 radical (unpaired) electrons. The van der Waals surface area contributed by atoms with Crippen LogP contribution in [0.2, 0.25) is 0 Å². The molecule has 7 nitrogen and oxygen atoms in total. The van der Waals surface area contributed by atoms with Crippen LogP contribution in [-0.4, -0.2) is 59.8 Å². The fraction of sp³-hybridized carbons (Fsp3) is 0.516. The number of hydrogen-bond donors (Lipinski definition) is 0. The minimum atomic E-state index is -0.769. The van der Waals surface area contributed by atoms with Crippen molar-refractivity contribution in [3.8, 4) is 5.75 Å². The van der Waals surface area contributed by atoms with E-state index in [0.29, 0.717) is 11.4 Å². The summed E-state index contributed by atoms with van der Waals surface area (Å²) in [6.45, 7) is 11.1. The topological polar surface area (TPSA) is 70.2 Å². The van der Waals surface area contributed by atoms with Crippen LogP contribution in [0.15, 0.2) is 54.6 Å². The molecule has 1 aliphatic carbocycles. The Morgan fingerprint density at radius 1 is 0.947 bits per heavy atom. The van der Waals surface area contributed by atoms with Gasteiger partial charge in [0.1, 0.15) is 11.8 Å². The third-order valence-corrected chi connectivity index (χ3v) is 9.51. The van der Waals surface area contributed by atoms with E-state index >= 15 is 0 Å². The first-order chi connectivity index (χ1) is 18.1. The smallest absolute Gasteiger partial charge is 0.257 e. The van der Waals surface area contributed by atoms with Crippen LogP contribution in [-0.2, 0) is 20.9 Å². The Morgan fingerprint density at radius 3 is 2.11 bits per heavy atom. The first-order valence-electron chi connectivity index (χ1n) is 13.7. The Labute approximate surface area is 225 Å². The molecule has 3 amide bonds. The Kier molecular flexibility index (Phi) is 6.84. The fourth-order valence-electron chi connectivity index (χ4n) is 6.58. The number of imide groups is 1. The van der Waals surface area contributed by atoms with Gasteiger partial charge < -0.3 is 9.64 Å². The quantitative estimate of drug-likeness (QED) is 0.506. The highest BCUT2D eigenvalue weighted by Crippen LogP contribution is 2.69. The molecule has 1 atom stereocenters. The summed E-state index contributed by atoms with van der Waals surface area (Å²) in [5.41, 5.74) is 1.47. The zero-order valence-corrected chi connectivity index (χ0v) is 23.1. The second-order valence-corrected chi connectivity index (χ2v) is 12.1. The second kappa shape index (κ2) is 9.84. The van der Waals surface area contributed by atoms with Crippen molar-refractivity contribution < 1.29 is 19.1 Å². The van der Waals surface area contributed by atoms with E-state index in [-0.39, 0.29) is 46.9 Å². The molecule has 2 saturated heterocycles. The number of carbonyl (C=O) groups is 3. The monoisotopic (exact) mass is 517 g/mol. The molecule has 3 fully saturated rings. The molecule has 5 rings (SSSR count). The van der Waals surface area contributed by atoms with Gasteiger partial charge >= 0.3 is 0 Å². The molecule has 202 valence electrons. The van der Waals surface area contributed by atoms with Gasteiger partial charge in [0.25, 0.3) is 5.91 Å². The van der Waals surface area contributed by atoms with E-state index in [1.807, 2.05) is 11.0 Å². The second-order valence-electron chi connectivity index (χ2n) is 12.1. The molecule has 2 aromatic rings. The summed E-state index contributed by atoms with van der Waals surface area (Å²) in [7, 11) is 1.58. The summed E-state index contributed by atoms with van der Waals surface area (Å²) in [5, 5.41) is 0. The van der Waals surface area contributed by atoms with Crippen molar-refractivity contribution >= 4 is 23.4 Å². The number of amides is 3. The van der Waals surface area contributed by atoms with E-state index in [1.54, 1.807) is 31.4 Å². The highest BCUT2D eigenvalue weighted by atomic mass is 16.5. The number of hydrogen-bond acceptors (Lipinski definition) is 5. The van der Waals surface area contributed by atoms with Crippen molar-refractivity contribution in [1.29, 1.82) is 0 Å². The summed E-state index contributed by atoms with van der Waals surface area (Å²) >= 11 is 0. The van der Waals surface area contributed by atoms with E-state index < -0.39 is 6.04 Å². The Morgan fingerprint density at radius 2 is 1.55 bits per heavy atom. The van der Waals surface area contributed by atoms with E-state index in [4.69, 9.17) is 4.74 Å². The number of anilines is 1. The van der Waals surface area contributed by atoms with Gasteiger partial charge in [0.05, 0.1) is 19.2 Å². The van der Waals surface area contributed by atoms with Crippen LogP contribution in [0.5, 0.6) is 5.75 Å². The number of ether oxygens (including phenoxy) is 1. The number of methoxy groups -OCH3 is 1. The summed E-state index contributed by atoms with van der Waals surface area (Å²) in [6, 6.07) is 16.5. The van der Waals surface area contributed by atoms with E-state index in [0.717, 1.165) is 32.5 Å². The standard InChI is InChI=1S/C31H39N3O4/c1-30(2)27(31(30,3)4)29(37)33(23-15-17-32(18-16-23)20-21-9-7-6-8-10-21)25-19-26(35)34(28(25)36)22-11-13-24(38-5)14-12-22/h6-14,23,25,27H,15-20H2,1-5H3. The maximum Gasteiger partial charge on any atom is 0.257 e. The van der Waals surface area contributed by atoms with Crippen LogP contribution in [0.25, 0.3) is 0 Å². The lowest BCUT2D eigenvalue weighted by atomic mass is 9.97. The number of nitrogens with zero attached hydrogens (tertiary/aromatic N) is 3. The fourth-order valence-corrected chi connectivity index (χ4v) is 6.58. The summed E-state index contributed by atoms with van der Waals surface area (Å²) in [4.78, 5) is 46.7. The summed E-state index contributed by atoms with van der Waals surface area (Å²) in [6.07, 6.45) is 1.59. The van der Waals surface area contributed by atoms with Gasteiger partial charge in [-0.25, -0.2) is 4.90 Å². The van der Waals surface area contributed by atoms with Gasteiger partial charge in [0.15, 0.2) is 0 Å². The maximum atomic E-state index is 14.2. The predicted molar refractivity (Wildman–Crippen MR) is 147 cm³/mol. The minimum absolute atomic E-state index is 0.0178. The number of piperidine rings is 1. The Bertz CT molecular complexity index is 1190. The number of likely N-dealkylation sites (tertiary alicyclic amines) is 1. The molecule has 38 heavy (non-hydrogen) atoms. The molecule has 0 N–H and O–H groups in total. The van der Waals surface area contributed by atoms with Crippen molar-refractivity contribution in [3.63, 3.8) is 0 Å². The molecule has 3 aliphatic rings. The van der Waals surface area contributed by atoms with Crippen LogP contribution in [0, 0.1) is 16.7 Å². The lowest BCUT2D eigenvalue weighted by molar-refractivity contribution is -0.144. The first-order valence-corrected chi connectivity index (χ1v) is 13.7. The van der Waals surface area contributed by atoms with Gasteiger partial charge in [0, 0.05) is 31.6 Å². The normalized spacial score (nSPS) is 23.5. The minimum Gasteiger partial charge on any atom is -0.497 e. The zero-order valence-electron chi connectivity index (χ0n) is 23.1. The van der Waals surface area contributed by atoms with Crippen LogP contribution in [0.4, 0.5) is 5.69 Å².